The average molecular weight is 376 g/mol. The molecule has 0 aliphatic heterocycles. The summed E-state index contributed by atoms with van der Waals surface area (Å²) in [5.74, 6) is 0. The summed E-state index contributed by atoms with van der Waals surface area (Å²) in [5, 5.41) is 0. The Morgan fingerprint density at radius 3 is 2.00 bits per heavy atom. The van der Waals surface area contributed by atoms with Crippen LogP contribution in [0.2, 0.25) is 0 Å². The van der Waals surface area contributed by atoms with Gasteiger partial charge in [-0.2, -0.15) is 0 Å². The molecule has 0 saturated heterocycles. The minimum absolute atomic E-state index is 0.257. The summed E-state index contributed by atoms with van der Waals surface area (Å²) in [5.41, 5.74) is 8.85. The Morgan fingerprint density at radius 2 is 1.43 bits per heavy atom. The van der Waals surface area contributed by atoms with E-state index < -0.39 is 0 Å². The lowest BCUT2D eigenvalue weighted by atomic mass is 9.63. The normalized spacial score (nSPS) is 17.9. The van der Waals surface area contributed by atoms with E-state index in [2.05, 4.69) is 102 Å². The Bertz CT molecular complexity index is 848. The number of rotatable bonds is 5. The molecule has 0 heterocycles. The molecule has 0 saturated carbocycles. The molecule has 0 bridgehead atoms. The molecule has 0 aromatic heterocycles. The number of benzene rings is 2. The number of hydrogen-bond donors (Lipinski definition) is 0. The molecular formula is C27H37N. The predicted molar refractivity (Wildman–Crippen MR) is 125 cm³/mol. The van der Waals surface area contributed by atoms with Gasteiger partial charge in [0.05, 0.1) is 0 Å². The molecule has 3 rings (SSSR count). The maximum absolute atomic E-state index is 2.45. The van der Waals surface area contributed by atoms with E-state index in [-0.39, 0.29) is 10.8 Å². The van der Waals surface area contributed by atoms with Gasteiger partial charge in [0.15, 0.2) is 0 Å². The molecule has 0 spiro atoms. The zero-order valence-electron chi connectivity index (χ0n) is 18.9. The van der Waals surface area contributed by atoms with Crippen LogP contribution in [-0.4, -0.2) is 13.1 Å². The summed E-state index contributed by atoms with van der Waals surface area (Å²) in [4.78, 5) is 2.38. The Kier molecular flexibility index (Phi) is 5.75. The highest BCUT2D eigenvalue weighted by Gasteiger charge is 2.36. The van der Waals surface area contributed by atoms with Gasteiger partial charge in [0, 0.05) is 18.8 Å². The molecule has 1 heteroatoms. The third kappa shape index (κ3) is 4.04. The highest BCUT2D eigenvalue weighted by atomic mass is 15.1. The summed E-state index contributed by atoms with van der Waals surface area (Å²) < 4.78 is 0. The number of allylic oxidation sites excluding steroid dienone is 1. The maximum Gasteiger partial charge on any atom is 0.0366 e. The number of nitrogens with zero attached hydrogens (tertiary/aromatic N) is 1. The lowest BCUT2D eigenvalue weighted by molar-refractivity contribution is 0.332. The average Bonchev–Trinajstić information content (AvgIpc) is 2.67. The van der Waals surface area contributed by atoms with Crippen molar-refractivity contribution in [3.05, 3.63) is 64.7 Å². The lowest BCUT2D eigenvalue weighted by Crippen LogP contribution is -2.33. The van der Waals surface area contributed by atoms with Crippen LogP contribution in [0.4, 0.5) is 5.69 Å². The van der Waals surface area contributed by atoms with E-state index in [0.29, 0.717) is 0 Å². The number of anilines is 1. The van der Waals surface area contributed by atoms with Gasteiger partial charge in [-0.05, 0) is 84.4 Å². The summed E-state index contributed by atoms with van der Waals surface area (Å²) in [6.45, 7) is 18.3. The first kappa shape index (κ1) is 20.7. The van der Waals surface area contributed by atoms with Gasteiger partial charge in [-0.25, -0.2) is 0 Å². The van der Waals surface area contributed by atoms with E-state index in [1.54, 1.807) is 0 Å². The lowest BCUT2D eigenvalue weighted by Gasteiger charge is -2.42. The Hall–Kier alpha value is -2.02. The van der Waals surface area contributed by atoms with Crippen molar-refractivity contribution in [2.75, 3.05) is 18.0 Å². The summed E-state index contributed by atoms with van der Waals surface area (Å²) >= 11 is 0. The number of hydrogen-bond acceptors (Lipinski definition) is 1. The molecule has 0 amide bonds. The molecule has 0 atom stereocenters. The molecule has 0 N–H and O–H groups in total. The monoisotopic (exact) mass is 375 g/mol. The van der Waals surface area contributed by atoms with Gasteiger partial charge in [-0.1, -0.05) is 64.1 Å². The van der Waals surface area contributed by atoms with Crippen LogP contribution < -0.4 is 4.90 Å². The van der Waals surface area contributed by atoms with E-state index in [1.807, 2.05) is 0 Å². The third-order valence-corrected chi connectivity index (χ3v) is 6.71. The molecule has 2 aromatic rings. The fourth-order valence-electron chi connectivity index (χ4n) is 4.54. The second-order valence-corrected chi connectivity index (χ2v) is 9.62. The van der Waals surface area contributed by atoms with Crippen LogP contribution in [0.3, 0.4) is 0 Å². The minimum Gasteiger partial charge on any atom is -0.372 e. The van der Waals surface area contributed by atoms with Gasteiger partial charge in [0.25, 0.3) is 0 Å². The van der Waals surface area contributed by atoms with Crippen LogP contribution in [-0.2, 0) is 10.8 Å². The molecular weight excluding hydrogens is 338 g/mol. The van der Waals surface area contributed by atoms with Crippen molar-refractivity contribution in [2.24, 2.45) is 0 Å². The highest BCUT2D eigenvalue weighted by Crippen LogP contribution is 2.46. The Labute approximate surface area is 172 Å². The van der Waals surface area contributed by atoms with Gasteiger partial charge >= 0.3 is 0 Å². The van der Waals surface area contributed by atoms with Crippen LogP contribution in [0, 0.1) is 0 Å². The van der Waals surface area contributed by atoms with Crippen LogP contribution in [0.1, 0.15) is 83.6 Å². The van der Waals surface area contributed by atoms with Gasteiger partial charge in [0.1, 0.15) is 0 Å². The van der Waals surface area contributed by atoms with Crippen LogP contribution in [0.25, 0.3) is 11.6 Å². The first-order chi connectivity index (χ1) is 13.2. The maximum atomic E-state index is 2.45. The van der Waals surface area contributed by atoms with Crippen molar-refractivity contribution in [2.45, 2.75) is 72.1 Å². The molecule has 1 aliphatic rings. The quantitative estimate of drug-likeness (QED) is 0.491. The van der Waals surface area contributed by atoms with E-state index >= 15 is 0 Å². The van der Waals surface area contributed by atoms with Gasteiger partial charge in [0.2, 0.25) is 0 Å². The summed E-state index contributed by atoms with van der Waals surface area (Å²) in [7, 11) is 0. The molecule has 1 nitrogen and oxygen atoms in total. The van der Waals surface area contributed by atoms with Crippen molar-refractivity contribution in [1.82, 2.24) is 0 Å². The smallest absolute Gasteiger partial charge is 0.0366 e. The van der Waals surface area contributed by atoms with E-state index in [1.165, 1.54) is 46.4 Å². The topological polar surface area (TPSA) is 3.24 Å². The van der Waals surface area contributed by atoms with Gasteiger partial charge in [-0.3, -0.25) is 0 Å². The van der Waals surface area contributed by atoms with Gasteiger partial charge in [-0.15, -0.1) is 0 Å². The van der Waals surface area contributed by atoms with Crippen molar-refractivity contribution in [3.8, 4) is 0 Å². The first-order valence-electron chi connectivity index (χ1n) is 10.9. The highest BCUT2D eigenvalue weighted by molar-refractivity contribution is 5.81. The minimum atomic E-state index is 0.257. The Morgan fingerprint density at radius 1 is 0.857 bits per heavy atom. The number of fused-ring (bicyclic) bond motifs is 1. The standard InChI is InChI=1S/C27H37N/c1-8-28(9-2)23-13-10-21(11-14-23)18-20(3)22-12-15-24-25(19-22)27(6,7)17-16-26(24,4)5/h10-15,18-19H,8-9,16-17H2,1-7H3. The molecule has 0 fully saturated rings. The summed E-state index contributed by atoms with van der Waals surface area (Å²) in [6, 6.07) is 16.1. The van der Waals surface area contributed by atoms with Crippen molar-refractivity contribution < 1.29 is 0 Å². The van der Waals surface area contributed by atoms with Crippen LogP contribution in [0.15, 0.2) is 42.5 Å². The second kappa shape index (κ2) is 7.78. The van der Waals surface area contributed by atoms with Crippen LogP contribution >= 0.6 is 0 Å². The van der Waals surface area contributed by atoms with Crippen LogP contribution in [0.5, 0.6) is 0 Å². The molecule has 150 valence electrons. The summed E-state index contributed by atoms with van der Waals surface area (Å²) in [6.07, 6.45) is 4.83. The fourth-order valence-corrected chi connectivity index (χ4v) is 4.54. The fraction of sp³-hybridized carbons (Fsp3) is 0.481. The molecule has 0 unspecified atom stereocenters. The molecule has 2 aromatic carbocycles. The molecule has 1 aliphatic carbocycles. The third-order valence-electron chi connectivity index (χ3n) is 6.71. The SMILES string of the molecule is CCN(CC)c1ccc(C=C(C)c2ccc3c(c2)C(C)(C)CCC3(C)C)cc1. The first-order valence-corrected chi connectivity index (χ1v) is 10.9. The largest absolute Gasteiger partial charge is 0.372 e. The predicted octanol–water partition coefficient (Wildman–Crippen LogP) is 7.44. The second-order valence-electron chi connectivity index (χ2n) is 9.62. The van der Waals surface area contributed by atoms with Gasteiger partial charge < -0.3 is 4.90 Å². The van der Waals surface area contributed by atoms with Crippen molar-refractivity contribution in [3.63, 3.8) is 0 Å². The zero-order chi connectivity index (χ0) is 20.5. The van der Waals surface area contributed by atoms with E-state index in [0.717, 1.165) is 13.1 Å². The van der Waals surface area contributed by atoms with Crippen molar-refractivity contribution in [1.29, 1.82) is 0 Å². The molecule has 0 radical (unpaired) electrons. The van der Waals surface area contributed by atoms with Crippen molar-refractivity contribution >= 4 is 17.3 Å². The van der Waals surface area contributed by atoms with E-state index in [4.69, 9.17) is 0 Å². The molecule has 28 heavy (non-hydrogen) atoms. The van der Waals surface area contributed by atoms with E-state index in [9.17, 15) is 0 Å². The zero-order valence-corrected chi connectivity index (χ0v) is 18.9. The Balaban J connectivity index is 1.92.